The minimum atomic E-state index is -0.986. The van der Waals surface area contributed by atoms with Crippen LogP contribution in [0.4, 0.5) is 15.8 Å². The minimum Gasteiger partial charge on any atom is -0.493 e. The van der Waals surface area contributed by atoms with E-state index in [1.54, 1.807) is 42.5 Å². The zero-order valence-electron chi connectivity index (χ0n) is 18.4. The van der Waals surface area contributed by atoms with Gasteiger partial charge in [-0.15, -0.1) is 0 Å². The highest BCUT2D eigenvalue weighted by Crippen LogP contribution is 2.27. The van der Waals surface area contributed by atoms with Crippen LogP contribution in [0.5, 0.6) is 11.5 Å². The van der Waals surface area contributed by atoms with Crippen molar-refractivity contribution in [3.63, 3.8) is 0 Å². The van der Waals surface area contributed by atoms with E-state index in [4.69, 9.17) is 21.1 Å². The molecule has 0 bridgehead atoms. The van der Waals surface area contributed by atoms with E-state index in [9.17, 15) is 18.8 Å². The summed E-state index contributed by atoms with van der Waals surface area (Å²) in [4.78, 5) is 36.0. The van der Waals surface area contributed by atoms with Crippen molar-refractivity contribution in [2.45, 2.75) is 0 Å². The highest BCUT2D eigenvalue weighted by molar-refractivity contribution is 6.41. The fourth-order valence-corrected chi connectivity index (χ4v) is 2.90. The average molecular weight is 499 g/mol. The molecule has 3 aromatic rings. The first-order valence-corrected chi connectivity index (χ1v) is 10.5. The molecule has 0 saturated carbocycles. The molecule has 3 rings (SSSR count). The van der Waals surface area contributed by atoms with Crippen LogP contribution in [0.1, 0.15) is 5.56 Å². The van der Waals surface area contributed by atoms with Crippen molar-refractivity contribution in [1.29, 1.82) is 0 Å². The van der Waals surface area contributed by atoms with Gasteiger partial charge in [-0.2, -0.15) is 5.10 Å². The first-order valence-electron chi connectivity index (χ1n) is 10.1. The van der Waals surface area contributed by atoms with Gasteiger partial charge < -0.3 is 20.1 Å². The molecule has 0 spiro atoms. The van der Waals surface area contributed by atoms with Crippen LogP contribution in [-0.2, 0) is 14.4 Å². The van der Waals surface area contributed by atoms with Crippen molar-refractivity contribution in [2.24, 2.45) is 5.10 Å². The number of carbonyl (C=O) groups is 3. The quantitative estimate of drug-likeness (QED) is 0.249. The van der Waals surface area contributed by atoms with Crippen molar-refractivity contribution < 1.29 is 28.2 Å². The van der Waals surface area contributed by atoms with Gasteiger partial charge in [0, 0.05) is 5.69 Å². The summed E-state index contributed by atoms with van der Waals surface area (Å²) in [5.41, 5.74) is 3.37. The molecular weight excluding hydrogens is 479 g/mol. The summed E-state index contributed by atoms with van der Waals surface area (Å²) in [6, 6.07) is 16.5. The Kier molecular flexibility index (Phi) is 8.74. The number of carbonyl (C=O) groups excluding carboxylic acids is 3. The molecule has 0 atom stereocenters. The zero-order valence-corrected chi connectivity index (χ0v) is 19.1. The highest BCUT2D eigenvalue weighted by Gasteiger charge is 2.14. The number of hydrogen-bond donors (Lipinski definition) is 3. The number of nitrogens with zero attached hydrogens (tertiary/aromatic N) is 1. The van der Waals surface area contributed by atoms with Gasteiger partial charge in [0.2, 0.25) is 0 Å². The Bertz CT molecular complexity index is 1250. The van der Waals surface area contributed by atoms with Crippen LogP contribution < -0.4 is 25.5 Å². The largest absolute Gasteiger partial charge is 0.493 e. The number of ether oxygens (including phenoxy) is 2. The lowest BCUT2D eigenvalue weighted by Crippen LogP contribution is -2.32. The number of amides is 3. The van der Waals surface area contributed by atoms with E-state index in [2.05, 4.69) is 21.2 Å². The highest BCUT2D eigenvalue weighted by atomic mass is 35.5. The summed E-state index contributed by atoms with van der Waals surface area (Å²) in [5, 5.41) is 9.01. The van der Waals surface area contributed by atoms with Crippen molar-refractivity contribution >= 4 is 46.9 Å². The van der Waals surface area contributed by atoms with Gasteiger partial charge in [-0.1, -0.05) is 23.7 Å². The van der Waals surface area contributed by atoms with Gasteiger partial charge in [0.15, 0.2) is 18.1 Å². The number of para-hydroxylation sites is 1. The van der Waals surface area contributed by atoms with Crippen LogP contribution in [0.3, 0.4) is 0 Å². The van der Waals surface area contributed by atoms with Gasteiger partial charge >= 0.3 is 11.8 Å². The second kappa shape index (κ2) is 12.1. The average Bonchev–Trinajstić information content (AvgIpc) is 2.85. The summed E-state index contributed by atoms with van der Waals surface area (Å²) in [5.74, 6) is -2.17. The molecule has 11 heteroatoms. The zero-order chi connectivity index (χ0) is 25.2. The van der Waals surface area contributed by atoms with Gasteiger partial charge in [0.25, 0.3) is 5.91 Å². The fraction of sp³-hybridized carbons (Fsp3) is 0.0833. The van der Waals surface area contributed by atoms with Gasteiger partial charge in [0.05, 0.1) is 24.0 Å². The van der Waals surface area contributed by atoms with Gasteiger partial charge in [0.1, 0.15) is 5.82 Å². The number of halogens is 2. The molecule has 3 amide bonds. The van der Waals surface area contributed by atoms with Crippen LogP contribution in [-0.4, -0.2) is 37.7 Å². The monoisotopic (exact) mass is 498 g/mol. The standard InChI is InChI=1S/C24H20ClFN4O5/c1-34-21-12-15(13-27-30-24(33)23(32)29-19-5-3-2-4-18(19)25)6-11-20(21)35-14-22(31)28-17-9-7-16(26)8-10-17/h2-13H,14H2,1H3,(H,28,31)(H,29,32)(H,30,33)/b27-13-. The maximum absolute atomic E-state index is 13.0. The van der Waals surface area contributed by atoms with Crippen LogP contribution in [0, 0.1) is 5.82 Å². The molecule has 0 fully saturated rings. The number of hydrazone groups is 1. The third-order valence-corrected chi connectivity index (χ3v) is 4.71. The van der Waals surface area contributed by atoms with E-state index >= 15 is 0 Å². The van der Waals surface area contributed by atoms with E-state index < -0.39 is 23.5 Å². The molecular formula is C24H20ClFN4O5. The predicted molar refractivity (Wildman–Crippen MR) is 129 cm³/mol. The van der Waals surface area contributed by atoms with Crippen molar-refractivity contribution in [3.05, 3.63) is 83.1 Å². The predicted octanol–water partition coefficient (Wildman–Crippen LogP) is 3.59. The van der Waals surface area contributed by atoms with Gasteiger partial charge in [-0.3, -0.25) is 14.4 Å². The molecule has 0 heterocycles. The van der Waals surface area contributed by atoms with E-state index in [1.807, 2.05) is 0 Å². The van der Waals surface area contributed by atoms with Crippen molar-refractivity contribution in [1.82, 2.24) is 5.43 Å². The number of anilines is 2. The smallest absolute Gasteiger partial charge is 0.329 e. The van der Waals surface area contributed by atoms with Gasteiger partial charge in [-0.05, 0) is 60.2 Å². The SMILES string of the molecule is COc1cc(/C=N\NC(=O)C(=O)Nc2ccccc2Cl)ccc1OCC(=O)Nc1ccc(F)cc1. The summed E-state index contributed by atoms with van der Waals surface area (Å²) >= 11 is 5.95. The summed E-state index contributed by atoms with van der Waals surface area (Å²) in [7, 11) is 1.42. The Labute approximate surface area is 204 Å². The molecule has 9 nitrogen and oxygen atoms in total. The molecule has 0 aliphatic rings. The van der Waals surface area contributed by atoms with Gasteiger partial charge in [-0.25, -0.2) is 9.82 Å². The van der Waals surface area contributed by atoms with Crippen LogP contribution in [0.25, 0.3) is 0 Å². The topological polar surface area (TPSA) is 118 Å². The van der Waals surface area contributed by atoms with E-state index in [-0.39, 0.29) is 6.61 Å². The van der Waals surface area contributed by atoms with E-state index in [1.165, 1.54) is 37.6 Å². The van der Waals surface area contributed by atoms with Crippen LogP contribution in [0.2, 0.25) is 5.02 Å². The number of methoxy groups -OCH3 is 1. The Morgan fingerprint density at radius 2 is 1.71 bits per heavy atom. The first-order chi connectivity index (χ1) is 16.9. The molecule has 3 N–H and O–H groups in total. The van der Waals surface area contributed by atoms with E-state index in [0.29, 0.717) is 33.5 Å². The molecule has 35 heavy (non-hydrogen) atoms. The maximum Gasteiger partial charge on any atom is 0.329 e. The number of rotatable bonds is 8. The Balaban J connectivity index is 1.52. The lowest BCUT2D eigenvalue weighted by Gasteiger charge is -2.11. The maximum atomic E-state index is 13.0. The molecule has 0 radical (unpaired) electrons. The lowest BCUT2D eigenvalue weighted by atomic mass is 10.2. The minimum absolute atomic E-state index is 0.291. The molecule has 0 saturated heterocycles. The Morgan fingerprint density at radius 1 is 0.971 bits per heavy atom. The number of hydrogen-bond acceptors (Lipinski definition) is 6. The molecule has 0 aromatic heterocycles. The third kappa shape index (κ3) is 7.54. The molecule has 180 valence electrons. The third-order valence-electron chi connectivity index (χ3n) is 4.38. The van der Waals surface area contributed by atoms with E-state index in [0.717, 1.165) is 0 Å². The van der Waals surface area contributed by atoms with Crippen LogP contribution in [0.15, 0.2) is 71.8 Å². The second-order valence-corrected chi connectivity index (χ2v) is 7.29. The van der Waals surface area contributed by atoms with Crippen molar-refractivity contribution in [3.8, 4) is 11.5 Å². The van der Waals surface area contributed by atoms with Crippen molar-refractivity contribution in [2.75, 3.05) is 24.4 Å². The molecule has 0 unspecified atom stereocenters. The summed E-state index contributed by atoms with van der Waals surface area (Å²) in [6.07, 6.45) is 1.30. The molecule has 0 aliphatic heterocycles. The van der Waals surface area contributed by atoms with Crippen LogP contribution >= 0.6 is 11.6 Å². The Morgan fingerprint density at radius 3 is 2.43 bits per heavy atom. The molecule has 0 aliphatic carbocycles. The lowest BCUT2D eigenvalue weighted by molar-refractivity contribution is -0.136. The Hall–Kier alpha value is -4.44. The number of nitrogens with one attached hydrogen (secondary N) is 3. The summed E-state index contributed by atoms with van der Waals surface area (Å²) < 4.78 is 23.7. The fourth-order valence-electron chi connectivity index (χ4n) is 2.72. The normalized spacial score (nSPS) is 10.5. The number of benzene rings is 3. The second-order valence-electron chi connectivity index (χ2n) is 6.89. The molecule has 3 aromatic carbocycles. The first kappa shape index (κ1) is 25.2. The summed E-state index contributed by atoms with van der Waals surface area (Å²) in [6.45, 7) is -0.308.